The molecule has 24 heavy (non-hydrogen) atoms. The highest BCUT2D eigenvalue weighted by atomic mass is 35.5. The minimum atomic E-state index is 0.532. The first-order valence-corrected chi connectivity index (χ1v) is 8.37. The molecule has 0 amide bonds. The van der Waals surface area contributed by atoms with Crippen LogP contribution in [0.1, 0.15) is 0 Å². The van der Waals surface area contributed by atoms with Crippen LogP contribution in [0, 0.1) is 0 Å². The zero-order valence-electron chi connectivity index (χ0n) is 13.2. The third-order valence-corrected chi connectivity index (χ3v) is 4.70. The molecular weight excluding hydrogens is 322 g/mol. The predicted octanol–water partition coefficient (Wildman–Crippen LogP) is 3.19. The molecule has 0 aliphatic carbocycles. The van der Waals surface area contributed by atoms with Crippen molar-refractivity contribution in [1.29, 1.82) is 0 Å². The van der Waals surface area contributed by atoms with Crippen molar-refractivity contribution < 1.29 is 0 Å². The number of hydrogen-bond donors (Lipinski definition) is 1. The lowest BCUT2D eigenvalue weighted by molar-refractivity contribution is 0.641. The van der Waals surface area contributed by atoms with Gasteiger partial charge in [0.1, 0.15) is 5.82 Å². The Morgan fingerprint density at radius 1 is 0.833 bits per heavy atom. The van der Waals surface area contributed by atoms with Crippen LogP contribution in [0.4, 0.5) is 17.5 Å². The molecule has 2 N–H and O–H groups in total. The smallest absolute Gasteiger partial charge is 0.228 e. The van der Waals surface area contributed by atoms with Gasteiger partial charge >= 0.3 is 0 Å². The Bertz CT molecular complexity index is 874. The summed E-state index contributed by atoms with van der Waals surface area (Å²) in [5.41, 5.74) is 8.06. The maximum Gasteiger partial charge on any atom is 0.228 e. The normalized spacial score (nSPS) is 15.0. The van der Waals surface area contributed by atoms with E-state index in [2.05, 4.69) is 25.8 Å². The van der Waals surface area contributed by atoms with Crippen LogP contribution in [0.15, 0.2) is 48.5 Å². The number of anilines is 3. The molecule has 1 aromatic heterocycles. The molecule has 3 aromatic rings. The Labute approximate surface area is 145 Å². The van der Waals surface area contributed by atoms with Gasteiger partial charge in [-0.15, -0.1) is 0 Å². The minimum Gasteiger partial charge on any atom is -0.383 e. The van der Waals surface area contributed by atoms with Gasteiger partial charge in [0.05, 0.1) is 16.2 Å². The highest BCUT2D eigenvalue weighted by Gasteiger charge is 2.21. The molecule has 1 saturated heterocycles. The topological polar surface area (TPSA) is 58.3 Å². The third kappa shape index (κ3) is 2.71. The van der Waals surface area contributed by atoms with Gasteiger partial charge in [-0.25, -0.2) is 4.98 Å². The molecule has 0 bridgehead atoms. The van der Waals surface area contributed by atoms with E-state index in [1.807, 2.05) is 42.5 Å². The first kappa shape index (κ1) is 15.0. The molecule has 2 aromatic carbocycles. The molecule has 0 unspecified atom stereocenters. The zero-order valence-corrected chi connectivity index (χ0v) is 13.9. The average Bonchev–Trinajstić information content (AvgIpc) is 2.62. The maximum atomic E-state index is 6.30. The van der Waals surface area contributed by atoms with Crippen molar-refractivity contribution in [3.8, 4) is 0 Å². The summed E-state index contributed by atoms with van der Waals surface area (Å²) in [7, 11) is 0. The Kier molecular flexibility index (Phi) is 3.86. The molecule has 1 aliphatic rings. The summed E-state index contributed by atoms with van der Waals surface area (Å²) in [6.07, 6.45) is 0. The fourth-order valence-electron chi connectivity index (χ4n) is 3.09. The number of piperazine rings is 1. The zero-order chi connectivity index (χ0) is 16.5. The number of fused-ring (bicyclic) bond motifs is 1. The van der Waals surface area contributed by atoms with Gasteiger partial charge in [-0.2, -0.15) is 4.98 Å². The SMILES string of the molecule is Nc1nc(N2CCN(c3ccccc3Cl)CC2)nc2ccccc12. The minimum absolute atomic E-state index is 0.532. The summed E-state index contributed by atoms with van der Waals surface area (Å²) in [6.45, 7) is 3.42. The Hall–Kier alpha value is -2.53. The van der Waals surface area contributed by atoms with E-state index in [4.69, 9.17) is 17.3 Å². The van der Waals surface area contributed by atoms with Gasteiger partial charge in [-0.1, -0.05) is 35.9 Å². The van der Waals surface area contributed by atoms with Crippen molar-refractivity contribution in [2.24, 2.45) is 0 Å². The van der Waals surface area contributed by atoms with Crippen molar-refractivity contribution in [3.63, 3.8) is 0 Å². The Morgan fingerprint density at radius 3 is 2.29 bits per heavy atom. The predicted molar refractivity (Wildman–Crippen MR) is 99.8 cm³/mol. The fourth-order valence-corrected chi connectivity index (χ4v) is 3.34. The molecular formula is C18H18ClN5. The lowest BCUT2D eigenvalue weighted by Crippen LogP contribution is -2.47. The van der Waals surface area contributed by atoms with Gasteiger partial charge < -0.3 is 15.5 Å². The largest absolute Gasteiger partial charge is 0.383 e. The van der Waals surface area contributed by atoms with Gasteiger partial charge in [0.2, 0.25) is 5.95 Å². The standard InChI is InChI=1S/C18H18ClN5/c19-14-6-2-4-8-16(14)23-9-11-24(12-10-23)18-21-15-7-3-1-5-13(15)17(20)22-18/h1-8H,9-12H2,(H2,20,21,22). The first-order valence-electron chi connectivity index (χ1n) is 7.99. The van der Waals surface area contributed by atoms with Crippen molar-refractivity contribution in [2.45, 2.75) is 0 Å². The van der Waals surface area contributed by atoms with E-state index in [1.54, 1.807) is 0 Å². The molecule has 0 atom stereocenters. The summed E-state index contributed by atoms with van der Waals surface area (Å²) in [5, 5.41) is 1.69. The molecule has 0 spiro atoms. The lowest BCUT2D eigenvalue weighted by Gasteiger charge is -2.36. The van der Waals surface area contributed by atoms with E-state index in [9.17, 15) is 0 Å². The quantitative estimate of drug-likeness (QED) is 0.777. The second-order valence-corrected chi connectivity index (χ2v) is 6.26. The molecule has 2 heterocycles. The van der Waals surface area contributed by atoms with E-state index in [1.165, 1.54) is 0 Å². The number of nitrogens with zero attached hydrogens (tertiary/aromatic N) is 4. The summed E-state index contributed by atoms with van der Waals surface area (Å²) in [6, 6.07) is 15.8. The van der Waals surface area contributed by atoms with Crippen molar-refractivity contribution in [3.05, 3.63) is 53.6 Å². The van der Waals surface area contributed by atoms with E-state index in [0.717, 1.165) is 47.8 Å². The Morgan fingerprint density at radius 2 is 1.50 bits per heavy atom. The van der Waals surface area contributed by atoms with Crippen LogP contribution in [0.5, 0.6) is 0 Å². The van der Waals surface area contributed by atoms with Crippen LogP contribution >= 0.6 is 11.6 Å². The van der Waals surface area contributed by atoms with Gasteiger partial charge in [0.15, 0.2) is 0 Å². The number of hydrogen-bond acceptors (Lipinski definition) is 5. The number of benzene rings is 2. The van der Waals surface area contributed by atoms with Crippen LogP contribution in [0.25, 0.3) is 10.9 Å². The number of para-hydroxylation sites is 2. The van der Waals surface area contributed by atoms with Crippen LogP contribution in [-0.2, 0) is 0 Å². The number of rotatable bonds is 2. The van der Waals surface area contributed by atoms with Gasteiger partial charge in [-0.3, -0.25) is 0 Å². The molecule has 6 heteroatoms. The Balaban J connectivity index is 1.55. The molecule has 4 rings (SSSR count). The molecule has 0 saturated carbocycles. The fraction of sp³-hybridized carbons (Fsp3) is 0.222. The van der Waals surface area contributed by atoms with Crippen LogP contribution < -0.4 is 15.5 Å². The van der Waals surface area contributed by atoms with Crippen molar-refractivity contribution >= 4 is 40.0 Å². The number of aromatic nitrogens is 2. The summed E-state index contributed by atoms with van der Waals surface area (Å²) >= 11 is 6.30. The molecule has 1 fully saturated rings. The van der Waals surface area contributed by atoms with Crippen LogP contribution in [-0.4, -0.2) is 36.1 Å². The van der Waals surface area contributed by atoms with E-state index < -0.39 is 0 Å². The number of halogens is 1. The number of nitrogen functional groups attached to an aromatic ring is 1. The number of nitrogens with two attached hydrogens (primary N) is 1. The van der Waals surface area contributed by atoms with E-state index >= 15 is 0 Å². The second kappa shape index (κ2) is 6.17. The first-order chi connectivity index (χ1) is 11.7. The second-order valence-electron chi connectivity index (χ2n) is 5.85. The van der Waals surface area contributed by atoms with Gasteiger partial charge in [0, 0.05) is 31.6 Å². The lowest BCUT2D eigenvalue weighted by atomic mass is 10.2. The van der Waals surface area contributed by atoms with Crippen molar-refractivity contribution in [1.82, 2.24) is 9.97 Å². The third-order valence-electron chi connectivity index (χ3n) is 4.38. The maximum absolute atomic E-state index is 6.30. The van der Waals surface area contributed by atoms with Crippen molar-refractivity contribution in [2.75, 3.05) is 41.7 Å². The van der Waals surface area contributed by atoms with Crippen LogP contribution in [0.3, 0.4) is 0 Å². The summed E-state index contributed by atoms with van der Waals surface area (Å²) < 4.78 is 0. The van der Waals surface area contributed by atoms with Gasteiger partial charge in [-0.05, 0) is 24.3 Å². The van der Waals surface area contributed by atoms with E-state index in [0.29, 0.717) is 11.8 Å². The molecule has 1 aliphatic heterocycles. The van der Waals surface area contributed by atoms with Gasteiger partial charge in [0.25, 0.3) is 0 Å². The van der Waals surface area contributed by atoms with E-state index in [-0.39, 0.29) is 0 Å². The monoisotopic (exact) mass is 339 g/mol. The summed E-state index contributed by atoms with van der Waals surface area (Å²) in [5.74, 6) is 1.23. The molecule has 122 valence electrons. The summed E-state index contributed by atoms with van der Waals surface area (Å²) in [4.78, 5) is 13.6. The average molecular weight is 340 g/mol. The molecule has 0 radical (unpaired) electrons. The van der Waals surface area contributed by atoms with Crippen LogP contribution in [0.2, 0.25) is 5.02 Å². The highest BCUT2D eigenvalue weighted by molar-refractivity contribution is 6.33. The molecule has 5 nitrogen and oxygen atoms in total. The highest BCUT2D eigenvalue weighted by Crippen LogP contribution is 2.27.